The number of fused-ring (bicyclic) bond motifs is 1. The van der Waals surface area contributed by atoms with E-state index >= 15 is 0 Å². The number of aromatic amines is 1. The van der Waals surface area contributed by atoms with Crippen LogP contribution in [0.2, 0.25) is 0 Å². The van der Waals surface area contributed by atoms with Crippen LogP contribution in [0.25, 0.3) is 15.9 Å². The minimum atomic E-state index is -0.488. The third kappa shape index (κ3) is 3.16. The van der Waals surface area contributed by atoms with Crippen LogP contribution in [0.5, 0.6) is 0 Å². The molecule has 0 saturated carbocycles. The number of carbonyl (C=O) groups excluding carboxylic acids is 1. The number of hydrogen-bond acceptors (Lipinski definition) is 5. The first-order valence-electron chi connectivity index (χ1n) is 8.65. The Hall–Kier alpha value is -3.46. The second kappa shape index (κ2) is 7.28. The van der Waals surface area contributed by atoms with E-state index in [1.807, 2.05) is 37.3 Å². The quantitative estimate of drug-likeness (QED) is 0.537. The molecule has 1 amide bonds. The zero-order chi connectivity index (χ0) is 19.7. The highest BCUT2D eigenvalue weighted by molar-refractivity contribution is 7.17. The molecular formula is C19H17N5O3S. The monoisotopic (exact) mass is 395 g/mol. The summed E-state index contributed by atoms with van der Waals surface area (Å²) in [5, 5.41) is 8.78. The average molecular weight is 395 g/mol. The van der Waals surface area contributed by atoms with Crippen LogP contribution in [0.1, 0.15) is 16.1 Å². The maximum Gasteiger partial charge on any atom is 0.328 e. The van der Waals surface area contributed by atoms with Gasteiger partial charge >= 0.3 is 5.69 Å². The molecule has 28 heavy (non-hydrogen) atoms. The van der Waals surface area contributed by atoms with E-state index in [0.29, 0.717) is 21.5 Å². The molecule has 0 bridgehead atoms. The number of rotatable bonds is 5. The number of thiophene rings is 1. The van der Waals surface area contributed by atoms with Crippen LogP contribution in [0.3, 0.4) is 0 Å². The molecular weight excluding hydrogens is 378 g/mol. The maximum absolute atomic E-state index is 12.5. The highest BCUT2D eigenvalue weighted by atomic mass is 32.1. The van der Waals surface area contributed by atoms with Crippen LogP contribution in [-0.4, -0.2) is 31.8 Å². The van der Waals surface area contributed by atoms with Gasteiger partial charge in [0, 0.05) is 13.1 Å². The fraction of sp³-hybridized carbons (Fsp3) is 0.158. The lowest BCUT2D eigenvalue weighted by molar-refractivity contribution is 0.0951. The zero-order valence-corrected chi connectivity index (χ0v) is 15.8. The van der Waals surface area contributed by atoms with Crippen molar-refractivity contribution in [3.8, 4) is 5.69 Å². The highest BCUT2D eigenvalue weighted by Crippen LogP contribution is 2.14. The minimum absolute atomic E-state index is 0.0830. The SMILES string of the molecule is Cc1c(C(=O)NCCn2c(=O)[nH]c3ccsc3c2=O)cnn1-c1ccccc1. The molecule has 4 aromatic rings. The minimum Gasteiger partial charge on any atom is -0.350 e. The van der Waals surface area contributed by atoms with Gasteiger partial charge in [0.2, 0.25) is 0 Å². The Labute approximate surface area is 163 Å². The molecule has 1 aromatic carbocycles. The molecule has 4 rings (SSSR count). The van der Waals surface area contributed by atoms with Crippen LogP contribution in [0.15, 0.2) is 57.6 Å². The van der Waals surface area contributed by atoms with E-state index in [4.69, 9.17) is 0 Å². The molecule has 8 nitrogen and oxygen atoms in total. The summed E-state index contributed by atoms with van der Waals surface area (Å²) in [7, 11) is 0. The van der Waals surface area contributed by atoms with Crippen LogP contribution in [-0.2, 0) is 6.54 Å². The molecule has 0 unspecified atom stereocenters. The van der Waals surface area contributed by atoms with Gasteiger partial charge < -0.3 is 10.3 Å². The van der Waals surface area contributed by atoms with E-state index in [0.717, 1.165) is 10.3 Å². The molecule has 2 N–H and O–H groups in total. The first kappa shape index (κ1) is 17.9. The number of aromatic nitrogens is 4. The van der Waals surface area contributed by atoms with Gasteiger partial charge in [-0.1, -0.05) is 18.2 Å². The van der Waals surface area contributed by atoms with Crippen molar-refractivity contribution in [2.45, 2.75) is 13.5 Å². The molecule has 0 spiro atoms. The maximum atomic E-state index is 12.5. The first-order chi connectivity index (χ1) is 13.6. The Kier molecular flexibility index (Phi) is 4.66. The van der Waals surface area contributed by atoms with Gasteiger partial charge in [-0.05, 0) is 30.5 Å². The largest absolute Gasteiger partial charge is 0.350 e. The predicted octanol–water partition coefficient (Wildman–Crippen LogP) is 1.68. The second-order valence-electron chi connectivity index (χ2n) is 6.20. The molecule has 0 saturated heterocycles. The number of amides is 1. The summed E-state index contributed by atoms with van der Waals surface area (Å²) in [6.45, 7) is 2.04. The normalized spacial score (nSPS) is 11.0. The number of para-hydroxylation sites is 1. The number of nitrogens with one attached hydrogen (secondary N) is 2. The number of hydrogen-bond donors (Lipinski definition) is 2. The van der Waals surface area contributed by atoms with Crippen molar-refractivity contribution < 1.29 is 4.79 Å². The summed E-state index contributed by atoms with van der Waals surface area (Å²) >= 11 is 1.27. The second-order valence-corrected chi connectivity index (χ2v) is 7.11. The summed E-state index contributed by atoms with van der Waals surface area (Å²) in [5.41, 5.74) is 1.71. The Morgan fingerprint density at radius 2 is 2.00 bits per heavy atom. The van der Waals surface area contributed by atoms with Gasteiger partial charge in [0.1, 0.15) is 4.70 Å². The third-order valence-corrected chi connectivity index (χ3v) is 5.37. The van der Waals surface area contributed by atoms with Gasteiger partial charge in [0.25, 0.3) is 11.5 Å². The van der Waals surface area contributed by atoms with E-state index in [-0.39, 0.29) is 24.6 Å². The molecule has 0 aliphatic rings. The van der Waals surface area contributed by atoms with Crippen molar-refractivity contribution in [2.24, 2.45) is 0 Å². The van der Waals surface area contributed by atoms with Crippen LogP contribution >= 0.6 is 11.3 Å². The van der Waals surface area contributed by atoms with Crippen LogP contribution in [0, 0.1) is 6.92 Å². The standard InChI is InChI=1S/C19H17N5O3S/c1-12-14(11-21-24(12)13-5-3-2-4-6-13)17(25)20-8-9-23-18(26)16-15(7-10-28-16)22-19(23)27/h2-7,10-11H,8-9H2,1H3,(H,20,25)(H,22,27). The van der Waals surface area contributed by atoms with E-state index in [9.17, 15) is 14.4 Å². The van der Waals surface area contributed by atoms with E-state index in [1.165, 1.54) is 17.5 Å². The van der Waals surface area contributed by atoms with Crippen molar-refractivity contribution in [2.75, 3.05) is 6.54 Å². The van der Waals surface area contributed by atoms with Gasteiger partial charge in [-0.25, -0.2) is 9.48 Å². The molecule has 3 aromatic heterocycles. The lowest BCUT2D eigenvalue weighted by Crippen LogP contribution is -2.38. The van der Waals surface area contributed by atoms with E-state index in [1.54, 1.807) is 16.1 Å². The summed E-state index contributed by atoms with van der Waals surface area (Å²) in [5.74, 6) is -0.304. The summed E-state index contributed by atoms with van der Waals surface area (Å²) in [4.78, 5) is 39.7. The first-order valence-corrected chi connectivity index (χ1v) is 9.53. The van der Waals surface area contributed by atoms with Gasteiger partial charge in [-0.15, -0.1) is 11.3 Å². The number of H-pyrrole nitrogens is 1. The smallest absolute Gasteiger partial charge is 0.328 e. The fourth-order valence-electron chi connectivity index (χ4n) is 3.01. The Balaban J connectivity index is 1.48. The lowest BCUT2D eigenvalue weighted by Gasteiger charge is -2.08. The van der Waals surface area contributed by atoms with Crippen molar-refractivity contribution in [3.63, 3.8) is 0 Å². The molecule has 9 heteroatoms. The van der Waals surface area contributed by atoms with Crippen molar-refractivity contribution in [3.05, 3.63) is 80.1 Å². The predicted molar refractivity (Wildman–Crippen MR) is 107 cm³/mol. The van der Waals surface area contributed by atoms with Gasteiger partial charge in [-0.3, -0.25) is 14.2 Å². The van der Waals surface area contributed by atoms with E-state index in [2.05, 4.69) is 15.4 Å². The Bertz CT molecular complexity index is 1270. The summed E-state index contributed by atoms with van der Waals surface area (Å²) in [6, 6.07) is 11.2. The zero-order valence-electron chi connectivity index (χ0n) is 15.0. The van der Waals surface area contributed by atoms with Crippen LogP contribution < -0.4 is 16.6 Å². The summed E-state index contributed by atoms with van der Waals surface area (Å²) < 4.78 is 3.28. The highest BCUT2D eigenvalue weighted by Gasteiger charge is 2.15. The van der Waals surface area contributed by atoms with Gasteiger partial charge in [-0.2, -0.15) is 5.10 Å². The Morgan fingerprint density at radius 1 is 1.21 bits per heavy atom. The van der Waals surface area contributed by atoms with Crippen molar-refractivity contribution in [1.29, 1.82) is 0 Å². The van der Waals surface area contributed by atoms with Crippen molar-refractivity contribution >= 4 is 27.5 Å². The number of carbonyl (C=O) groups is 1. The number of benzene rings is 1. The molecule has 0 atom stereocenters. The molecule has 142 valence electrons. The number of nitrogens with zero attached hydrogens (tertiary/aromatic N) is 3. The lowest BCUT2D eigenvalue weighted by atomic mass is 10.2. The molecule has 0 fully saturated rings. The fourth-order valence-corrected chi connectivity index (χ4v) is 3.81. The van der Waals surface area contributed by atoms with Gasteiger partial charge in [0.05, 0.1) is 28.7 Å². The molecule has 0 radical (unpaired) electrons. The molecule has 0 aliphatic heterocycles. The van der Waals surface area contributed by atoms with Crippen molar-refractivity contribution in [1.82, 2.24) is 24.6 Å². The van der Waals surface area contributed by atoms with E-state index < -0.39 is 5.69 Å². The topological polar surface area (TPSA) is 102 Å². The third-order valence-electron chi connectivity index (χ3n) is 4.47. The average Bonchev–Trinajstić information content (AvgIpc) is 3.31. The summed E-state index contributed by atoms with van der Waals surface area (Å²) in [6.07, 6.45) is 1.51. The molecule has 3 heterocycles. The van der Waals surface area contributed by atoms with Crippen LogP contribution in [0.4, 0.5) is 0 Å². The molecule has 0 aliphatic carbocycles. The Morgan fingerprint density at radius 3 is 2.79 bits per heavy atom. The van der Waals surface area contributed by atoms with Gasteiger partial charge in [0.15, 0.2) is 0 Å².